The summed E-state index contributed by atoms with van der Waals surface area (Å²) in [6.45, 7) is 6.20. The fourth-order valence-electron chi connectivity index (χ4n) is 2.32. The van der Waals surface area contributed by atoms with Crippen molar-refractivity contribution in [2.24, 2.45) is 17.8 Å². The van der Waals surface area contributed by atoms with Gasteiger partial charge in [0.15, 0.2) is 0 Å². The lowest BCUT2D eigenvalue weighted by Gasteiger charge is -2.09. The summed E-state index contributed by atoms with van der Waals surface area (Å²) in [7, 11) is 0. The molecule has 3 unspecified atom stereocenters. The minimum Gasteiger partial charge on any atom is -0.0999 e. The van der Waals surface area contributed by atoms with E-state index in [1.54, 1.807) is 0 Å². The van der Waals surface area contributed by atoms with Crippen LogP contribution >= 0.6 is 0 Å². The third kappa shape index (κ3) is 0.726. The van der Waals surface area contributed by atoms with Gasteiger partial charge >= 0.3 is 0 Å². The van der Waals surface area contributed by atoms with E-state index in [2.05, 4.69) is 13.5 Å². The monoisotopic (exact) mass is 122 g/mol. The molecular weight excluding hydrogens is 108 g/mol. The molecule has 0 aromatic carbocycles. The van der Waals surface area contributed by atoms with E-state index in [4.69, 9.17) is 0 Å². The average Bonchev–Trinajstić information content (AvgIpc) is 2.43. The van der Waals surface area contributed by atoms with Crippen LogP contribution in [0.25, 0.3) is 0 Å². The summed E-state index contributed by atoms with van der Waals surface area (Å²) in [5.41, 5.74) is 1.43. The fraction of sp³-hybridized carbons (Fsp3) is 0.778. The van der Waals surface area contributed by atoms with E-state index in [1.165, 1.54) is 24.8 Å². The number of fused-ring (bicyclic) bond motifs is 1. The molecule has 0 heterocycles. The van der Waals surface area contributed by atoms with Crippen LogP contribution in [0.2, 0.25) is 0 Å². The van der Waals surface area contributed by atoms with Gasteiger partial charge in [0.05, 0.1) is 0 Å². The second kappa shape index (κ2) is 1.62. The summed E-state index contributed by atoms with van der Waals surface area (Å²) in [5.74, 6) is 3.10. The summed E-state index contributed by atoms with van der Waals surface area (Å²) in [5, 5.41) is 0. The van der Waals surface area contributed by atoms with Crippen LogP contribution < -0.4 is 0 Å². The highest BCUT2D eigenvalue weighted by atomic mass is 14.5. The topological polar surface area (TPSA) is 0 Å². The zero-order valence-corrected chi connectivity index (χ0v) is 6.06. The first-order chi connectivity index (χ1) is 4.29. The molecule has 0 N–H and O–H groups in total. The van der Waals surface area contributed by atoms with Gasteiger partial charge in [0.25, 0.3) is 0 Å². The molecule has 2 fully saturated rings. The van der Waals surface area contributed by atoms with Crippen molar-refractivity contribution in [2.45, 2.75) is 26.2 Å². The maximum Gasteiger partial charge on any atom is -0.0177 e. The Hall–Kier alpha value is -0.260. The van der Waals surface area contributed by atoms with Crippen molar-refractivity contribution in [3.05, 3.63) is 12.2 Å². The molecule has 2 saturated carbocycles. The molecule has 2 aliphatic carbocycles. The lowest BCUT2D eigenvalue weighted by molar-refractivity contribution is 0.559. The first-order valence-electron chi connectivity index (χ1n) is 3.94. The van der Waals surface area contributed by atoms with E-state index >= 15 is 0 Å². The third-order valence-corrected chi connectivity index (χ3v) is 2.98. The molecular formula is C9H14. The highest BCUT2D eigenvalue weighted by Gasteiger charge is 2.47. The SMILES string of the molecule is C=C(C)C1CCC2CC21. The van der Waals surface area contributed by atoms with Crippen LogP contribution in [0.4, 0.5) is 0 Å². The molecule has 50 valence electrons. The summed E-state index contributed by atoms with van der Waals surface area (Å²) in [4.78, 5) is 0. The summed E-state index contributed by atoms with van der Waals surface area (Å²) in [6, 6.07) is 0. The summed E-state index contributed by atoms with van der Waals surface area (Å²) < 4.78 is 0. The van der Waals surface area contributed by atoms with Crippen molar-refractivity contribution in [3.63, 3.8) is 0 Å². The van der Waals surface area contributed by atoms with Crippen molar-refractivity contribution in [2.75, 3.05) is 0 Å². The normalized spacial score (nSPS) is 46.6. The standard InChI is InChI=1S/C9H14/c1-6(2)8-4-3-7-5-9(7)8/h7-9H,1,3-5H2,2H3. The molecule has 0 nitrogen and oxygen atoms in total. The fourth-order valence-corrected chi connectivity index (χ4v) is 2.32. The molecule has 9 heavy (non-hydrogen) atoms. The minimum absolute atomic E-state index is 0.912. The van der Waals surface area contributed by atoms with E-state index < -0.39 is 0 Å². The Morgan fingerprint density at radius 2 is 2.22 bits per heavy atom. The van der Waals surface area contributed by atoms with Gasteiger partial charge in [-0.3, -0.25) is 0 Å². The van der Waals surface area contributed by atoms with Gasteiger partial charge in [0, 0.05) is 0 Å². The van der Waals surface area contributed by atoms with Crippen molar-refractivity contribution in [1.82, 2.24) is 0 Å². The average molecular weight is 122 g/mol. The zero-order chi connectivity index (χ0) is 6.43. The van der Waals surface area contributed by atoms with Gasteiger partial charge < -0.3 is 0 Å². The van der Waals surface area contributed by atoms with Crippen molar-refractivity contribution in [1.29, 1.82) is 0 Å². The molecule has 3 atom stereocenters. The van der Waals surface area contributed by atoms with Gasteiger partial charge in [0.2, 0.25) is 0 Å². The van der Waals surface area contributed by atoms with E-state index in [9.17, 15) is 0 Å². The molecule has 0 aliphatic heterocycles. The van der Waals surface area contributed by atoms with Crippen LogP contribution in [0.1, 0.15) is 26.2 Å². The van der Waals surface area contributed by atoms with Crippen LogP contribution in [-0.4, -0.2) is 0 Å². The Kier molecular flexibility index (Phi) is 0.992. The van der Waals surface area contributed by atoms with Crippen molar-refractivity contribution in [3.8, 4) is 0 Å². The van der Waals surface area contributed by atoms with E-state index in [0.29, 0.717) is 0 Å². The van der Waals surface area contributed by atoms with Crippen LogP contribution in [0, 0.1) is 17.8 Å². The summed E-state index contributed by atoms with van der Waals surface area (Å²) >= 11 is 0. The Morgan fingerprint density at radius 3 is 2.44 bits per heavy atom. The first-order valence-corrected chi connectivity index (χ1v) is 3.94. The van der Waals surface area contributed by atoms with Gasteiger partial charge in [-0.25, -0.2) is 0 Å². The van der Waals surface area contributed by atoms with E-state index in [-0.39, 0.29) is 0 Å². The number of allylic oxidation sites excluding steroid dienone is 1. The highest BCUT2D eigenvalue weighted by molar-refractivity contribution is 5.10. The molecule has 2 rings (SSSR count). The van der Waals surface area contributed by atoms with Gasteiger partial charge in [-0.05, 0) is 43.9 Å². The van der Waals surface area contributed by atoms with Crippen LogP contribution in [0.5, 0.6) is 0 Å². The van der Waals surface area contributed by atoms with Crippen LogP contribution in [0.15, 0.2) is 12.2 Å². The van der Waals surface area contributed by atoms with Gasteiger partial charge in [-0.15, -0.1) is 0 Å². The van der Waals surface area contributed by atoms with Gasteiger partial charge in [-0.2, -0.15) is 0 Å². The maximum atomic E-state index is 4.01. The largest absolute Gasteiger partial charge is 0.0999 e. The van der Waals surface area contributed by atoms with E-state index in [1.807, 2.05) is 0 Å². The number of rotatable bonds is 1. The van der Waals surface area contributed by atoms with E-state index in [0.717, 1.165) is 17.8 Å². The molecule has 0 spiro atoms. The first kappa shape index (κ1) is 5.52. The molecule has 0 bridgehead atoms. The third-order valence-electron chi connectivity index (χ3n) is 2.98. The molecule has 0 aromatic rings. The predicted octanol–water partition coefficient (Wildman–Crippen LogP) is 2.61. The molecule has 0 radical (unpaired) electrons. The molecule has 0 aromatic heterocycles. The van der Waals surface area contributed by atoms with Crippen molar-refractivity contribution < 1.29 is 0 Å². The van der Waals surface area contributed by atoms with Crippen molar-refractivity contribution >= 4 is 0 Å². The zero-order valence-electron chi connectivity index (χ0n) is 6.06. The van der Waals surface area contributed by atoms with Crippen LogP contribution in [0.3, 0.4) is 0 Å². The molecule has 0 saturated heterocycles. The van der Waals surface area contributed by atoms with Gasteiger partial charge in [0.1, 0.15) is 0 Å². The molecule has 2 aliphatic rings. The smallest absolute Gasteiger partial charge is 0.0177 e. The highest BCUT2D eigenvalue weighted by Crippen LogP contribution is 2.57. The lowest BCUT2D eigenvalue weighted by Crippen LogP contribution is -1.98. The molecule has 0 heteroatoms. The van der Waals surface area contributed by atoms with Crippen LogP contribution in [-0.2, 0) is 0 Å². The Bertz CT molecular complexity index is 146. The number of hydrogen-bond acceptors (Lipinski definition) is 0. The Morgan fingerprint density at radius 1 is 1.44 bits per heavy atom. The second-order valence-corrected chi connectivity index (χ2v) is 3.69. The lowest BCUT2D eigenvalue weighted by atomic mass is 9.97. The quantitative estimate of drug-likeness (QED) is 0.469. The van der Waals surface area contributed by atoms with Gasteiger partial charge in [-0.1, -0.05) is 12.2 Å². The maximum absolute atomic E-state index is 4.01. The minimum atomic E-state index is 0.912. The summed E-state index contributed by atoms with van der Waals surface area (Å²) in [6.07, 6.45) is 4.43. The molecule has 0 amide bonds. The number of hydrogen-bond donors (Lipinski definition) is 0. The predicted molar refractivity (Wildman–Crippen MR) is 39.1 cm³/mol. The second-order valence-electron chi connectivity index (χ2n) is 3.69. The Balaban J connectivity index is 2.06. The Labute approximate surface area is 57.0 Å².